The normalized spacial score (nSPS) is 12.4. The summed E-state index contributed by atoms with van der Waals surface area (Å²) >= 11 is 7.51. The minimum Gasteiger partial charge on any atom is -0.324 e. The molecule has 2 N–H and O–H groups in total. The standard InChI is InChI=1S/C13H13ClFN3S/c1-7(2)10(12(14)19-3)17-13-16-9-6-4-5-8(15)11(9)18-13/h4-6H,1H2,2-3H3,(H2,16,17,18)/b12-10+. The number of halogens is 2. The van der Waals surface area contributed by atoms with Crippen molar-refractivity contribution in [2.45, 2.75) is 6.92 Å². The largest absolute Gasteiger partial charge is 0.324 e. The van der Waals surface area contributed by atoms with Crippen LogP contribution in [0.5, 0.6) is 0 Å². The van der Waals surface area contributed by atoms with Crippen molar-refractivity contribution in [3.8, 4) is 0 Å². The van der Waals surface area contributed by atoms with Gasteiger partial charge in [0.1, 0.15) is 5.52 Å². The van der Waals surface area contributed by atoms with Crippen molar-refractivity contribution in [3.63, 3.8) is 0 Å². The zero-order valence-electron chi connectivity index (χ0n) is 10.6. The minimum absolute atomic E-state index is 0.298. The molecule has 19 heavy (non-hydrogen) atoms. The number of nitrogens with zero attached hydrogens (tertiary/aromatic N) is 1. The van der Waals surface area contributed by atoms with Crippen LogP contribution in [0.2, 0.25) is 0 Å². The Labute approximate surface area is 119 Å². The van der Waals surface area contributed by atoms with Crippen LogP contribution >= 0.6 is 23.4 Å². The van der Waals surface area contributed by atoms with Crippen LogP contribution < -0.4 is 5.32 Å². The summed E-state index contributed by atoms with van der Waals surface area (Å²) in [6.07, 6.45) is 1.87. The van der Waals surface area contributed by atoms with E-state index in [1.807, 2.05) is 13.2 Å². The van der Waals surface area contributed by atoms with Gasteiger partial charge in [-0.15, -0.1) is 11.8 Å². The fourth-order valence-electron chi connectivity index (χ4n) is 1.60. The molecule has 0 spiro atoms. The van der Waals surface area contributed by atoms with Crippen molar-refractivity contribution < 1.29 is 4.39 Å². The van der Waals surface area contributed by atoms with Crippen LogP contribution in [0.25, 0.3) is 11.0 Å². The molecule has 0 aliphatic heterocycles. The quantitative estimate of drug-likeness (QED) is 0.819. The van der Waals surface area contributed by atoms with E-state index < -0.39 is 0 Å². The monoisotopic (exact) mass is 297 g/mol. The topological polar surface area (TPSA) is 40.7 Å². The van der Waals surface area contributed by atoms with Gasteiger partial charge in [-0.2, -0.15) is 0 Å². The van der Waals surface area contributed by atoms with Gasteiger partial charge in [0.05, 0.1) is 15.6 Å². The highest BCUT2D eigenvalue weighted by atomic mass is 35.5. The highest BCUT2D eigenvalue weighted by Gasteiger charge is 2.10. The number of rotatable bonds is 4. The summed E-state index contributed by atoms with van der Waals surface area (Å²) in [5.74, 6) is 0.0731. The number of aromatic amines is 1. The van der Waals surface area contributed by atoms with Crippen molar-refractivity contribution in [2.75, 3.05) is 11.6 Å². The molecule has 0 fully saturated rings. The van der Waals surface area contributed by atoms with Gasteiger partial charge in [-0.25, -0.2) is 9.37 Å². The molecule has 1 aromatic carbocycles. The molecular formula is C13H13ClFN3S. The second-order valence-electron chi connectivity index (χ2n) is 3.98. The molecule has 0 radical (unpaired) electrons. The SMILES string of the molecule is C=C(C)/C(Nc1nc2c(F)cccc2[nH]1)=C(/Cl)SC. The average Bonchev–Trinajstić information content (AvgIpc) is 2.79. The molecule has 3 nitrogen and oxygen atoms in total. The van der Waals surface area contributed by atoms with E-state index in [1.54, 1.807) is 12.1 Å². The van der Waals surface area contributed by atoms with E-state index in [2.05, 4.69) is 21.9 Å². The summed E-state index contributed by atoms with van der Waals surface area (Å²) in [5.41, 5.74) is 2.38. The third kappa shape index (κ3) is 2.93. The van der Waals surface area contributed by atoms with Gasteiger partial charge < -0.3 is 10.3 Å². The number of aromatic nitrogens is 2. The Hall–Kier alpha value is -1.46. The van der Waals surface area contributed by atoms with Crippen LogP contribution in [0.4, 0.5) is 10.3 Å². The molecule has 6 heteroatoms. The molecule has 0 bridgehead atoms. The summed E-state index contributed by atoms with van der Waals surface area (Å²) in [4.78, 5) is 7.16. The lowest BCUT2D eigenvalue weighted by molar-refractivity contribution is 0.637. The summed E-state index contributed by atoms with van der Waals surface area (Å²) < 4.78 is 14.1. The number of imidazole rings is 1. The summed E-state index contributed by atoms with van der Waals surface area (Å²) in [7, 11) is 0. The molecule has 0 aliphatic carbocycles. The second kappa shape index (κ2) is 5.67. The number of allylic oxidation sites excluding steroid dienone is 1. The van der Waals surface area contributed by atoms with Gasteiger partial charge in [-0.1, -0.05) is 24.2 Å². The van der Waals surface area contributed by atoms with Gasteiger partial charge in [0.15, 0.2) is 5.82 Å². The fourth-order valence-corrected chi connectivity index (χ4v) is 2.24. The minimum atomic E-state index is -0.362. The van der Waals surface area contributed by atoms with Gasteiger partial charge >= 0.3 is 0 Å². The molecule has 100 valence electrons. The first-order valence-corrected chi connectivity index (χ1v) is 7.14. The van der Waals surface area contributed by atoms with Gasteiger partial charge in [-0.3, -0.25) is 0 Å². The first kappa shape index (κ1) is 14.0. The van der Waals surface area contributed by atoms with Gasteiger partial charge in [-0.05, 0) is 30.9 Å². The van der Waals surface area contributed by atoms with E-state index in [-0.39, 0.29) is 5.82 Å². The number of hydrogen-bond acceptors (Lipinski definition) is 3. The first-order valence-electron chi connectivity index (χ1n) is 5.54. The van der Waals surface area contributed by atoms with Crippen LogP contribution in [0.1, 0.15) is 6.92 Å². The van der Waals surface area contributed by atoms with Crippen molar-refractivity contribution in [1.82, 2.24) is 9.97 Å². The zero-order valence-corrected chi connectivity index (χ0v) is 12.1. The Kier molecular flexibility index (Phi) is 4.17. The molecule has 1 aromatic heterocycles. The van der Waals surface area contributed by atoms with Crippen LogP contribution in [-0.4, -0.2) is 16.2 Å². The summed E-state index contributed by atoms with van der Waals surface area (Å²) in [6.45, 7) is 5.70. The Morgan fingerprint density at radius 1 is 1.53 bits per heavy atom. The molecule has 2 rings (SSSR count). The fraction of sp³-hybridized carbons (Fsp3) is 0.154. The lowest BCUT2D eigenvalue weighted by atomic mass is 10.3. The number of hydrogen-bond donors (Lipinski definition) is 2. The molecule has 0 unspecified atom stereocenters. The molecule has 0 saturated carbocycles. The molecule has 1 heterocycles. The zero-order chi connectivity index (χ0) is 14.0. The maximum Gasteiger partial charge on any atom is 0.205 e. The lowest BCUT2D eigenvalue weighted by Crippen LogP contribution is -2.03. The number of thioether (sulfide) groups is 1. The van der Waals surface area contributed by atoms with Crippen molar-refractivity contribution in [2.24, 2.45) is 0 Å². The van der Waals surface area contributed by atoms with Crippen LogP contribution in [0.15, 0.2) is 40.4 Å². The third-order valence-electron chi connectivity index (χ3n) is 2.51. The summed E-state index contributed by atoms with van der Waals surface area (Å²) in [5, 5.41) is 3.04. The third-order valence-corrected chi connectivity index (χ3v) is 3.72. The van der Waals surface area contributed by atoms with Gasteiger partial charge in [0, 0.05) is 0 Å². The molecule has 0 aliphatic rings. The lowest BCUT2D eigenvalue weighted by Gasteiger charge is -2.09. The number of para-hydroxylation sites is 1. The van der Waals surface area contributed by atoms with Crippen LogP contribution in [-0.2, 0) is 0 Å². The smallest absolute Gasteiger partial charge is 0.205 e. The maximum atomic E-state index is 13.6. The maximum absolute atomic E-state index is 13.6. The Balaban J connectivity index is 2.40. The predicted octanol–water partition coefficient (Wildman–Crippen LogP) is 4.46. The van der Waals surface area contributed by atoms with E-state index in [9.17, 15) is 4.39 Å². The predicted molar refractivity (Wildman–Crippen MR) is 80.9 cm³/mol. The van der Waals surface area contributed by atoms with Crippen molar-refractivity contribution in [3.05, 3.63) is 46.2 Å². The molecular weight excluding hydrogens is 285 g/mol. The molecule has 0 atom stereocenters. The number of anilines is 1. The average molecular weight is 298 g/mol. The van der Waals surface area contributed by atoms with Gasteiger partial charge in [0.25, 0.3) is 0 Å². The highest BCUT2D eigenvalue weighted by molar-refractivity contribution is 8.03. The van der Waals surface area contributed by atoms with E-state index in [0.29, 0.717) is 27.0 Å². The van der Waals surface area contributed by atoms with E-state index in [0.717, 1.165) is 5.57 Å². The number of fused-ring (bicyclic) bond motifs is 1. The van der Waals surface area contributed by atoms with E-state index in [4.69, 9.17) is 11.6 Å². The first-order chi connectivity index (χ1) is 9.02. The van der Waals surface area contributed by atoms with E-state index >= 15 is 0 Å². The number of benzene rings is 1. The second-order valence-corrected chi connectivity index (χ2v) is 5.40. The number of nitrogens with one attached hydrogen (secondary N) is 2. The highest BCUT2D eigenvalue weighted by Crippen LogP contribution is 2.27. The molecule has 2 aromatic rings. The van der Waals surface area contributed by atoms with Gasteiger partial charge in [0.2, 0.25) is 5.95 Å². The van der Waals surface area contributed by atoms with Crippen LogP contribution in [0.3, 0.4) is 0 Å². The summed E-state index contributed by atoms with van der Waals surface area (Å²) in [6, 6.07) is 4.76. The molecule has 0 amide bonds. The van der Waals surface area contributed by atoms with E-state index in [1.165, 1.54) is 17.8 Å². The van der Waals surface area contributed by atoms with Crippen LogP contribution in [0, 0.1) is 5.82 Å². The Morgan fingerprint density at radius 2 is 2.26 bits per heavy atom. The van der Waals surface area contributed by atoms with Crippen molar-refractivity contribution >= 4 is 40.3 Å². The van der Waals surface area contributed by atoms with Crippen molar-refractivity contribution in [1.29, 1.82) is 0 Å². The Bertz CT molecular complexity index is 663. The molecule has 0 saturated heterocycles. The Morgan fingerprint density at radius 3 is 2.84 bits per heavy atom. The number of H-pyrrole nitrogens is 1.